The molecule has 0 aromatic rings. The molecule has 8 heavy (non-hydrogen) atoms. The molecule has 0 saturated heterocycles. The Kier molecular flexibility index (Phi) is 4.71. The maximum Gasteiger partial charge on any atom is 2.00 e. The van der Waals surface area contributed by atoms with Crippen LogP contribution in [0, 0.1) is 49.9 Å². The maximum absolute atomic E-state index is 2.22. The number of rotatable bonds is 0. The first-order chi connectivity index (χ1) is 3.39. The van der Waals surface area contributed by atoms with E-state index in [1.54, 1.807) is 0 Å². The minimum Gasteiger partial charge on any atom is -0.378 e. The van der Waals surface area contributed by atoms with E-state index in [4.69, 9.17) is 0 Å². The molecule has 0 N–H and O–H groups in total. The molecule has 1 heteroatoms. The molecule has 0 nitrogen and oxygen atoms in total. The third kappa shape index (κ3) is 2.75. The Morgan fingerprint density at radius 3 is 2.50 bits per heavy atom. The Morgan fingerprint density at radius 1 is 1.50 bits per heavy atom. The molecule has 1 rings (SSSR count). The zero-order chi connectivity index (χ0) is 5.11. The second-order valence-corrected chi connectivity index (χ2v) is 2.03. The van der Waals surface area contributed by atoms with Gasteiger partial charge in [-0.2, -0.15) is 0 Å². The van der Waals surface area contributed by atoms with Gasteiger partial charge in [0.2, 0.25) is 0 Å². The predicted molar refractivity (Wildman–Crippen MR) is 31.5 cm³/mol. The van der Waals surface area contributed by atoms with Crippen LogP contribution in [-0.2, 0) is 0 Å². The van der Waals surface area contributed by atoms with Gasteiger partial charge in [0.1, 0.15) is 0 Å². The summed E-state index contributed by atoms with van der Waals surface area (Å²) in [6.45, 7) is 2.22. The minimum absolute atomic E-state index is 0. The van der Waals surface area contributed by atoms with E-state index in [0.29, 0.717) is 0 Å². The Balaban J connectivity index is 0.000000490. The second-order valence-electron chi connectivity index (χ2n) is 2.03. The summed E-state index contributed by atoms with van der Waals surface area (Å²) in [5.74, 6) is 0.769. The Bertz CT molecular complexity index is 76.5. The van der Waals surface area contributed by atoms with Crippen LogP contribution in [0.1, 0.15) is 13.3 Å². The van der Waals surface area contributed by atoms with Crippen LogP contribution in [0.3, 0.4) is 0 Å². The van der Waals surface area contributed by atoms with E-state index in [1.807, 2.05) is 0 Å². The van der Waals surface area contributed by atoms with Gasteiger partial charge in [0.05, 0.1) is 0 Å². The van der Waals surface area contributed by atoms with Crippen LogP contribution in [0.15, 0.2) is 12.2 Å². The van der Waals surface area contributed by atoms with E-state index in [2.05, 4.69) is 31.9 Å². The van der Waals surface area contributed by atoms with Crippen LogP contribution in [0.25, 0.3) is 0 Å². The molecule has 0 bridgehead atoms. The summed E-state index contributed by atoms with van der Waals surface area (Å²) in [6, 6.07) is 0. The quantitative estimate of drug-likeness (QED) is 0.595. The van der Waals surface area contributed by atoms with Gasteiger partial charge in [-0.1, -0.05) is 6.92 Å². The van der Waals surface area contributed by atoms with Crippen molar-refractivity contribution in [1.29, 1.82) is 0 Å². The molecule has 0 saturated carbocycles. The van der Waals surface area contributed by atoms with Crippen molar-refractivity contribution < 1.29 is 31.1 Å². The van der Waals surface area contributed by atoms with Crippen LogP contribution in [-0.4, -0.2) is 0 Å². The number of hydrogen-bond donors (Lipinski definition) is 0. The number of allylic oxidation sites excluding steroid dienone is 2. The summed E-state index contributed by atoms with van der Waals surface area (Å²) in [7, 11) is 0. The maximum atomic E-state index is 2.22. The van der Waals surface area contributed by atoms with Gasteiger partial charge < -0.3 is 25.0 Å². The van der Waals surface area contributed by atoms with E-state index < -0.39 is 0 Å². The zero-order valence-corrected chi connectivity index (χ0v) is 9.26. The van der Waals surface area contributed by atoms with Gasteiger partial charge >= 0.3 is 31.1 Å². The molecule has 1 aliphatic rings. The third-order valence-corrected chi connectivity index (χ3v) is 1.19. The summed E-state index contributed by atoms with van der Waals surface area (Å²) in [6.07, 6.45) is 9.84. The molecule has 0 aliphatic heterocycles. The number of hydrogen-bond acceptors (Lipinski definition) is 0. The normalized spacial score (nSPS) is 24.9. The van der Waals surface area contributed by atoms with Crippen LogP contribution in [0.5, 0.6) is 0 Å². The van der Waals surface area contributed by atoms with Gasteiger partial charge in [0.15, 0.2) is 0 Å². The smallest absolute Gasteiger partial charge is 0.378 e. The zero-order valence-electron chi connectivity index (χ0n) is 5.09. The van der Waals surface area contributed by atoms with E-state index in [-0.39, 0.29) is 31.1 Å². The first kappa shape index (κ1) is 8.53. The third-order valence-electron chi connectivity index (χ3n) is 1.19. The molecule has 0 aromatic carbocycles. The summed E-state index contributed by atoms with van der Waals surface area (Å²) in [5, 5.41) is 0. The molecular weight excluding hydrogens is 322 g/mol. The van der Waals surface area contributed by atoms with Gasteiger partial charge in [0.25, 0.3) is 0 Å². The standard InChI is InChI=1S/C7H10.U/c1-7-5-3-2-4-6-7;/h2-5,7H,6H2,1H3;/q-2;+2. The molecular formula is C7H10U. The van der Waals surface area contributed by atoms with Crippen LogP contribution >= 0.6 is 0 Å². The van der Waals surface area contributed by atoms with Crippen molar-refractivity contribution in [1.82, 2.24) is 0 Å². The fraction of sp³-hybridized carbons (Fsp3) is 0.429. The SMILES string of the molecule is CC1[CH-]C=C[CH-]C1.[U+2]. The Morgan fingerprint density at radius 2 is 2.25 bits per heavy atom. The molecule has 0 fully saturated rings. The van der Waals surface area contributed by atoms with Crippen molar-refractivity contribution in [2.75, 3.05) is 0 Å². The van der Waals surface area contributed by atoms with E-state index in [9.17, 15) is 0 Å². The van der Waals surface area contributed by atoms with E-state index >= 15 is 0 Å². The van der Waals surface area contributed by atoms with Crippen LogP contribution in [0.4, 0.5) is 0 Å². The van der Waals surface area contributed by atoms with Crippen molar-refractivity contribution in [2.45, 2.75) is 13.3 Å². The fourth-order valence-electron chi connectivity index (χ4n) is 0.704. The van der Waals surface area contributed by atoms with Gasteiger partial charge in [-0.05, 0) is 0 Å². The molecule has 1 aliphatic carbocycles. The van der Waals surface area contributed by atoms with Crippen molar-refractivity contribution in [3.8, 4) is 0 Å². The van der Waals surface area contributed by atoms with Gasteiger partial charge in [0, 0.05) is 0 Å². The van der Waals surface area contributed by atoms with Crippen molar-refractivity contribution in [3.63, 3.8) is 0 Å². The van der Waals surface area contributed by atoms with Crippen molar-refractivity contribution >= 4 is 0 Å². The van der Waals surface area contributed by atoms with Crippen LogP contribution in [0.2, 0.25) is 0 Å². The van der Waals surface area contributed by atoms with Crippen LogP contribution < -0.4 is 0 Å². The molecule has 0 aromatic heterocycles. The molecule has 0 radical (unpaired) electrons. The Labute approximate surface area is 75.1 Å². The molecule has 0 heterocycles. The first-order valence-corrected chi connectivity index (χ1v) is 2.73. The summed E-state index contributed by atoms with van der Waals surface area (Å²) >= 11 is 0. The largest absolute Gasteiger partial charge is 2.00 e. The van der Waals surface area contributed by atoms with Gasteiger partial charge in [-0.3, -0.25) is 0 Å². The molecule has 1 atom stereocenters. The molecule has 0 amide bonds. The van der Waals surface area contributed by atoms with Gasteiger partial charge in [-0.15, -0.1) is 12.3 Å². The fourth-order valence-corrected chi connectivity index (χ4v) is 0.704. The average molecular weight is 332 g/mol. The van der Waals surface area contributed by atoms with E-state index in [0.717, 1.165) is 5.92 Å². The average Bonchev–Trinajstić information content (AvgIpc) is 1.69. The van der Waals surface area contributed by atoms with Gasteiger partial charge in [-0.25, -0.2) is 0 Å². The van der Waals surface area contributed by atoms with Crippen molar-refractivity contribution in [3.05, 3.63) is 25.0 Å². The molecule has 0 spiro atoms. The molecule has 1 unspecified atom stereocenters. The Hall–Kier alpha value is 0.532. The monoisotopic (exact) mass is 332 g/mol. The van der Waals surface area contributed by atoms with Crippen molar-refractivity contribution in [2.24, 2.45) is 5.92 Å². The topological polar surface area (TPSA) is 0 Å². The summed E-state index contributed by atoms with van der Waals surface area (Å²) in [4.78, 5) is 0. The summed E-state index contributed by atoms with van der Waals surface area (Å²) < 4.78 is 0. The van der Waals surface area contributed by atoms with E-state index in [1.165, 1.54) is 6.42 Å². The predicted octanol–water partition coefficient (Wildman–Crippen LogP) is 1.99. The summed E-state index contributed by atoms with van der Waals surface area (Å²) in [5.41, 5.74) is 0. The first-order valence-electron chi connectivity index (χ1n) is 2.73. The second kappa shape index (κ2) is 4.41. The molecule has 42 valence electrons. The minimum atomic E-state index is 0.